The highest BCUT2D eigenvalue weighted by Crippen LogP contribution is 2.14. The van der Waals surface area contributed by atoms with Gasteiger partial charge >= 0.3 is 0 Å². The molecule has 0 aliphatic rings. The molecule has 1 aromatic carbocycles. The lowest BCUT2D eigenvalue weighted by Gasteiger charge is -2.16. The van der Waals surface area contributed by atoms with Gasteiger partial charge in [-0.25, -0.2) is 4.98 Å². The van der Waals surface area contributed by atoms with Gasteiger partial charge in [0.05, 0.1) is 5.69 Å². The number of thiazole rings is 1. The fraction of sp³-hybridized carbons (Fsp3) is 0.222. The van der Waals surface area contributed by atoms with Crippen LogP contribution in [0, 0.1) is 0 Å². The van der Waals surface area contributed by atoms with Crippen LogP contribution in [0.25, 0.3) is 4.96 Å². The molecule has 3 rings (SSSR count). The zero-order valence-electron chi connectivity index (χ0n) is 13.5. The van der Waals surface area contributed by atoms with Gasteiger partial charge in [-0.15, -0.1) is 11.3 Å². The van der Waals surface area contributed by atoms with Gasteiger partial charge in [0.15, 0.2) is 4.96 Å². The van der Waals surface area contributed by atoms with E-state index in [1.165, 1.54) is 16.9 Å². The standard InChI is InChI=1S/C18H19N3O2S/c1-3-9-23-16-6-4-14(5-7-16)12-20(2)13-15-11-17(22)21-8-10-24-18(21)19-15/h3-8,10-11H,1,9,12-13H2,2H3. The first-order valence-electron chi connectivity index (χ1n) is 7.62. The first-order valence-corrected chi connectivity index (χ1v) is 8.50. The van der Waals surface area contributed by atoms with Crippen LogP contribution in [0.3, 0.4) is 0 Å². The topological polar surface area (TPSA) is 46.8 Å². The summed E-state index contributed by atoms with van der Waals surface area (Å²) in [6, 6.07) is 9.59. The van der Waals surface area contributed by atoms with Crippen LogP contribution >= 0.6 is 11.3 Å². The van der Waals surface area contributed by atoms with Gasteiger partial charge in [0.2, 0.25) is 0 Å². The molecule has 0 unspecified atom stereocenters. The number of rotatable bonds is 7. The number of hydrogen-bond donors (Lipinski definition) is 0. The summed E-state index contributed by atoms with van der Waals surface area (Å²) in [5.41, 5.74) is 1.93. The van der Waals surface area contributed by atoms with Gasteiger partial charge in [-0.2, -0.15) is 0 Å². The Balaban J connectivity index is 1.64. The van der Waals surface area contributed by atoms with Gasteiger partial charge in [-0.05, 0) is 24.7 Å². The Labute approximate surface area is 144 Å². The van der Waals surface area contributed by atoms with Gasteiger partial charge in [-0.1, -0.05) is 24.8 Å². The Kier molecular flexibility index (Phi) is 5.08. The molecule has 0 spiro atoms. The minimum Gasteiger partial charge on any atom is -0.490 e. The third-order valence-electron chi connectivity index (χ3n) is 3.53. The maximum atomic E-state index is 12.0. The van der Waals surface area contributed by atoms with Crippen molar-refractivity contribution in [2.45, 2.75) is 13.1 Å². The lowest BCUT2D eigenvalue weighted by Crippen LogP contribution is -2.21. The van der Waals surface area contributed by atoms with Crippen molar-refractivity contribution in [1.82, 2.24) is 14.3 Å². The van der Waals surface area contributed by atoms with Crippen molar-refractivity contribution in [3.63, 3.8) is 0 Å². The predicted octanol–water partition coefficient (Wildman–Crippen LogP) is 2.95. The van der Waals surface area contributed by atoms with Crippen LogP contribution in [0.2, 0.25) is 0 Å². The number of aromatic nitrogens is 2. The molecule has 0 saturated heterocycles. The molecule has 3 aromatic rings. The van der Waals surface area contributed by atoms with Crippen molar-refractivity contribution < 1.29 is 4.74 Å². The van der Waals surface area contributed by atoms with Gasteiger partial charge in [-0.3, -0.25) is 14.1 Å². The molecule has 0 saturated carbocycles. The molecule has 0 N–H and O–H groups in total. The van der Waals surface area contributed by atoms with E-state index in [9.17, 15) is 4.79 Å². The molecule has 0 aliphatic heterocycles. The van der Waals surface area contributed by atoms with Crippen LogP contribution in [-0.2, 0) is 13.1 Å². The van der Waals surface area contributed by atoms with E-state index in [0.717, 1.165) is 22.9 Å². The van der Waals surface area contributed by atoms with Crippen LogP contribution < -0.4 is 10.3 Å². The third kappa shape index (κ3) is 3.90. The average molecular weight is 341 g/mol. The van der Waals surface area contributed by atoms with Gasteiger partial charge in [0.1, 0.15) is 12.4 Å². The molecule has 5 nitrogen and oxygen atoms in total. The van der Waals surface area contributed by atoms with Crippen LogP contribution in [-0.4, -0.2) is 27.9 Å². The summed E-state index contributed by atoms with van der Waals surface area (Å²) in [6.07, 6.45) is 3.47. The minimum absolute atomic E-state index is 0.0339. The summed E-state index contributed by atoms with van der Waals surface area (Å²) in [5, 5.41) is 1.87. The Morgan fingerprint density at radius 1 is 1.33 bits per heavy atom. The fourth-order valence-electron chi connectivity index (χ4n) is 2.46. The molecule has 2 heterocycles. The quantitative estimate of drug-likeness (QED) is 0.620. The summed E-state index contributed by atoms with van der Waals surface area (Å²) in [7, 11) is 2.01. The maximum absolute atomic E-state index is 12.0. The zero-order valence-corrected chi connectivity index (χ0v) is 14.3. The van der Waals surface area contributed by atoms with Gasteiger partial charge in [0, 0.05) is 30.7 Å². The van der Waals surface area contributed by atoms with E-state index in [0.29, 0.717) is 13.2 Å². The molecule has 124 valence electrons. The fourth-order valence-corrected chi connectivity index (χ4v) is 3.20. The first kappa shape index (κ1) is 16.4. The van der Waals surface area contributed by atoms with Gasteiger partial charge < -0.3 is 4.74 Å². The minimum atomic E-state index is -0.0339. The maximum Gasteiger partial charge on any atom is 0.258 e. The predicted molar refractivity (Wildman–Crippen MR) is 96.6 cm³/mol. The van der Waals surface area contributed by atoms with E-state index >= 15 is 0 Å². The van der Waals surface area contributed by atoms with Crippen molar-refractivity contribution in [3.8, 4) is 5.75 Å². The SMILES string of the molecule is C=CCOc1ccc(CN(C)Cc2cc(=O)n3ccsc3n2)cc1. The van der Waals surface area contributed by atoms with Crippen molar-refractivity contribution in [3.05, 3.63) is 76.2 Å². The van der Waals surface area contributed by atoms with Crippen molar-refractivity contribution in [2.24, 2.45) is 0 Å². The molecule has 0 aliphatic carbocycles. The summed E-state index contributed by atoms with van der Waals surface area (Å²) in [4.78, 5) is 19.4. The molecule has 0 atom stereocenters. The van der Waals surface area contributed by atoms with E-state index in [1.807, 2.05) is 36.7 Å². The molecule has 0 radical (unpaired) electrons. The second-order valence-corrected chi connectivity index (χ2v) is 6.43. The average Bonchev–Trinajstić information content (AvgIpc) is 3.03. The Morgan fingerprint density at radius 3 is 2.88 bits per heavy atom. The lowest BCUT2D eigenvalue weighted by molar-refractivity contribution is 0.314. The Morgan fingerprint density at radius 2 is 2.12 bits per heavy atom. The Hall–Kier alpha value is -2.44. The Bertz CT molecular complexity index is 883. The van der Waals surface area contributed by atoms with E-state index in [4.69, 9.17) is 4.74 Å². The normalized spacial score (nSPS) is 11.1. The second-order valence-electron chi connectivity index (χ2n) is 5.56. The van der Waals surface area contributed by atoms with E-state index in [-0.39, 0.29) is 5.56 Å². The number of fused-ring (bicyclic) bond motifs is 1. The highest BCUT2D eigenvalue weighted by Gasteiger charge is 2.07. The first-order chi connectivity index (χ1) is 11.7. The van der Waals surface area contributed by atoms with Crippen molar-refractivity contribution in [1.29, 1.82) is 0 Å². The highest BCUT2D eigenvalue weighted by molar-refractivity contribution is 7.15. The van der Waals surface area contributed by atoms with Crippen molar-refractivity contribution >= 4 is 16.3 Å². The summed E-state index contributed by atoms with van der Waals surface area (Å²) in [6.45, 7) is 5.53. The number of ether oxygens (including phenoxy) is 1. The zero-order chi connectivity index (χ0) is 16.9. The number of nitrogens with zero attached hydrogens (tertiary/aromatic N) is 3. The molecule has 0 fully saturated rings. The molecule has 6 heteroatoms. The summed E-state index contributed by atoms with van der Waals surface area (Å²) in [5.74, 6) is 0.833. The van der Waals surface area contributed by atoms with E-state index < -0.39 is 0 Å². The van der Waals surface area contributed by atoms with Crippen LogP contribution in [0.1, 0.15) is 11.3 Å². The summed E-state index contributed by atoms with van der Waals surface area (Å²) < 4.78 is 7.05. The molecular weight excluding hydrogens is 322 g/mol. The van der Waals surface area contributed by atoms with Gasteiger partial charge in [0.25, 0.3) is 5.56 Å². The lowest BCUT2D eigenvalue weighted by atomic mass is 10.2. The molecule has 2 aromatic heterocycles. The largest absolute Gasteiger partial charge is 0.490 e. The van der Waals surface area contributed by atoms with Crippen LogP contribution in [0.15, 0.2) is 59.4 Å². The van der Waals surface area contributed by atoms with E-state index in [2.05, 4.69) is 16.5 Å². The molecule has 0 amide bonds. The number of benzene rings is 1. The molecule has 24 heavy (non-hydrogen) atoms. The van der Waals surface area contributed by atoms with Crippen LogP contribution in [0.5, 0.6) is 5.75 Å². The third-order valence-corrected chi connectivity index (χ3v) is 4.29. The van der Waals surface area contributed by atoms with Crippen molar-refractivity contribution in [2.75, 3.05) is 13.7 Å². The summed E-state index contributed by atoms with van der Waals surface area (Å²) >= 11 is 1.47. The highest BCUT2D eigenvalue weighted by atomic mass is 32.1. The molecular formula is C18H19N3O2S. The van der Waals surface area contributed by atoms with Crippen LogP contribution in [0.4, 0.5) is 0 Å². The molecule has 0 bridgehead atoms. The second kappa shape index (κ2) is 7.42. The number of hydrogen-bond acceptors (Lipinski definition) is 5. The monoisotopic (exact) mass is 341 g/mol. The van der Waals surface area contributed by atoms with E-state index in [1.54, 1.807) is 22.7 Å². The smallest absolute Gasteiger partial charge is 0.258 e.